The van der Waals surface area contributed by atoms with E-state index in [1.165, 1.54) is 6.33 Å². The summed E-state index contributed by atoms with van der Waals surface area (Å²) in [4.78, 5) is 20.5. The Morgan fingerprint density at radius 1 is 1.17 bits per heavy atom. The Morgan fingerprint density at radius 2 is 2.03 bits per heavy atom. The first-order valence-corrected chi connectivity index (χ1v) is 9.33. The van der Waals surface area contributed by atoms with Gasteiger partial charge in [0.1, 0.15) is 12.7 Å². The van der Waals surface area contributed by atoms with Crippen LogP contribution in [0.25, 0.3) is 11.4 Å². The van der Waals surface area contributed by atoms with Crippen LogP contribution in [0, 0.1) is 0 Å². The highest BCUT2D eigenvalue weighted by molar-refractivity contribution is 6.30. The molecular formula is C20H17ClN6O2. The number of aryl methyl sites for hydroxylation is 1. The number of hydrogen-bond acceptors (Lipinski definition) is 6. The van der Waals surface area contributed by atoms with Gasteiger partial charge in [-0.15, -0.1) is 0 Å². The number of hydrogen-bond donors (Lipinski definition) is 1. The molecule has 146 valence electrons. The van der Waals surface area contributed by atoms with Crippen molar-refractivity contribution in [3.8, 4) is 11.4 Å². The van der Waals surface area contributed by atoms with Crippen molar-refractivity contribution in [3.63, 3.8) is 0 Å². The van der Waals surface area contributed by atoms with E-state index in [9.17, 15) is 4.79 Å². The highest BCUT2D eigenvalue weighted by Crippen LogP contribution is 2.19. The number of nitrogens with zero attached hydrogens (tertiary/aromatic N) is 5. The van der Waals surface area contributed by atoms with Gasteiger partial charge in [-0.3, -0.25) is 4.79 Å². The fourth-order valence-electron chi connectivity index (χ4n) is 2.77. The molecule has 0 saturated carbocycles. The Morgan fingerprint density at radius 3 is 2.83 bits per heavy atom. The zero-order valence-electron chi connectivity index (χ0n) is 15.3. The molecule has 1 amide bonds. The van der Waals surface area contributed by atoms with Crippen LogP contribution in [0.3, 0.4) is 0 Å². The highest BCUT2D eigenvalue weighted by Gasteiger charge is 2.11. The van der Waals surface area contributed by atoms with Gasteiger partial charge in [0.25, 0.3) is 0 Å². The van der Waals surface area contributed by atoms with Crippen LogP contribution in [0.15, 0.2) is 65.7 Å². The second-order valence-corrected chi connectivity index (χ2v) is 6.80. The second kappa shape index (κ2) is 8.66. The number of anilines is 1. The minimum Gasteiger partial charge on any atom is -0.339 e. The molecule has 29 heavy (non-hydrogen) atoms. The molecule has 0 atom stereocenters. The number of rotatable bonds is 7. The predicted octanol–water partition coefficient (Wildman–Crippen LogP) is 3.60. The maximum Gasteiger partial charge on any atom is 0.227 e. The SMILES string of the molecule is O=C(CCc1nc(-c2ccc(Cl)cc2)no1)Nc1cccc(Cn2cncn2)c1. The van der Waals surface area contributed by atoms with E-state index in [0.29, 0.717) is 29.7 Å². The first-order chi connectivity index (χ1) is 14.2. The minimum atomic E-state index is -0.130. The zero-order valence-corrected chi connectivity index (χ0v) is 16.1. The molecule has 4 aromatic rings. The summed E-state index contributed by atoms with van der Waals surface area (Å²) >= 11 is 5.88. The summed E-state index contributed by atoms with van der Waals surface area (Å²) in [6, 6.07) is 14.8. The smallest absolute Gasteiger partial charge is 0.227 e. The molecule has 0 aliphatic heterocycles. The monoisotopic (exact) mass is 408 g/mol. The molecule has 2 aromatic carbocycles. The van der Waals surface area contributed by atoms with Crippen LogP contribution >= 0.6 is 11.6 Å². The number of carbonyl (C=O) groups is 1. The van der Waals surface area contributed by atoms with Crippen molar-refractivity contribution in [1.82, 2.24) is 24.9 Å². The van der Waals surface area contributed by atoms with Crippen molar-refractivity contribution in [3.05, 3.63) is 77.7 Å². The van der Waals surface area contributed by atoms with Crippen LogP contribution in [0.4, 0.5) is 5.69 Å². The van der Waals surface area contributed by atoms with Gasteiger partial charge in [-0.1, -0.05) is 28.9 Å². The Balaban J connectivity index is 1.32. The van der Waals surface area contributed by atoms with Crippen molar-refractivity contribution in [2.75, 3.05) is 5.32 Å². The van der Waals surface area contributed by atoms with Crippen LogP contribution < -0.4 is 5.32 Å². The molecule has 4 rings (SSSR count). The first-order valence-electron chi connectivity index (χ1n) is 8.95. The van der Waals surface area contributed by atoms with Gasteiger partial charge in [-0.25, -0.2) is 9.67 Å². The van der Waals surface area contributed by atoms with Gasteiger partial charge in [0.05, 0.1) is 6.54 Å². The summed E-state index contributed by atoms with van der Waals surface area (Å²) in [6.07, 6.45) is 3.72. The molecule has 0 aliphatic carbocycles. The van der Waals surface area contributed by atoms with Crippen molar-refractivity contribution >= 4 is 23.2 Å². The minimum absolute atomic E-state index is 0.130. The number of nitrogens with one attached hydrogen (secondary N) is 1. The van der Waals surface area contributed by atoms with Crippen LogP contribution in [0.1, 0.15) is 17.9 Å². The van der Waals surface area contributed by atoms with Gasteiger partial charge < -0.3 is 9.84 Å². The van der Waals surface area contributed by atoms with Gasteiger partial charge in [0.15, 0.2) is 0 Å². The fraction of sp³-hybridized carbons (Fsp3) is 0.150. The molecule has 2 aromatic heterocycles. The van der Waals surface area contributed by atoms with E-state index in [0.717, 1.165) is 16.8 Å². The van der Waals surface area contributed by atoms with Gasteiger partial charge in [-0.05, 0) is 42.0 Å². The van der Waals surface area contributed by atoms with E-state index in [4.69, 9.17) is 16.1 Å². The standard InChI is InChI=1S/C20H17ClN6O2/c21-16-6-4-15(5-7-16)20-25-19(29-26-20)9-8-18(28)24-17-3-1-2-14(10-17)11-27-13-22-12-23-27/h1-7,10,12-13H,8-9,11H2,(H,24,28). The summed E-state index contributed by atoms with van der Waals surface area (Å²) < 4.78 is 6.96. The van der Waals surface area contributed by atoms with E-state index >= 15 is 0 Å². The second-order valence-electron chi connectivity index (χ2n) is 6.36. The van der Waals surface area contributed by atoms with E-state index in [1.807, 2.05) is 36.4 Å². The number of aromatic nitrogens is 5. The summed E-state index contributed by atoms with van der Waals surface area (Å²) in [6.45, 7) is 0.583. The average molecular weight is 409 g/mol. The molecule has 9 heteroatoms. The van der Waals surface area contributed by atoms with Crippen molar-refractivity contribution < 1.29 is 9.32 Å². The first kappa shape index (κ1) is 18.8. The summed E-state index contributed by atoms with van der Waals surface area (Å²) in [7, 11) is 0. The Labute approximate surface area is 171 Å². The molecule has 0 spiro atoms. The van der Waals surface area contributed by atoms with Crippen LogP contribution in [-0.4, -0.2) is 30.8 Å². The Hall–Kier alpha value is -3.52. The van der Waals surface area contributed by atoms with Gasteiger partial charge in [0, 0.05) is 29.1 Å². The third-order valence-corrected chi connectivity index (χ3v) is 4.41. The summed E-state index contributed by atoms with van der Waals surface area (Å²) in [5.41, 5.74) is 2.54. The molecule has 0 unspecified atom stereocenters. The molecule has 1 N–H and O–H groups in total. The molecule has 8 nitrogen and oxygen atoms in total. The van der Waals surface area contributed by atoms with Crippen molar-refractivity contribution in [2.24, 2.45) is 0 Å². The molecular weight excluding hydrogens is 392 g/mol. The van der Waals surface area contributed by atoms with Gasteiger partial charge >= 0.3 is 0 Å². The summed E-state index contributed by atoms with van der Waals surface area (Å²) in [5, 5.41) is 11.6. The lowest BCUT2D eigenvalue weighted by molar-refractivity contribution is -0.116. The number of amides is 1. The third kappa shape index (κ3) is 5.05. The van der Waals surface area contributed by atoms with Crippen molar-refractivity contribution in [2.45, 2.75) is 19.4 Å². The molecule has 0 radical (unpaired) electrons. The zero-order chi connectivity index (χ0) is 20.1. The maximum absolute atomic E-state index is 12.3. The van der Waals surface area contributed by atoms with Crippen LogP contribution in [-0.2, 0) is 17.8 Å². The molecule has 0 bridgehead atoms. The lowest BCUT2D eigenvalue weighted by Gasteiger charge is -2.07. The molecule has 0 aliphatic rings. The van der Waals surface area contributed by atoms with E-state index in [2.05, 4.69) is 25.5 Å². The Bertz CT molecular complexity index is 1090. The number of carbonyl (C=O) groups excluding carboxylic acids is 1. The number of benzene rings is 2. The quantitative estimate of drug-likeness (QED) is 0.501. The molecule has 0 fully saturated rings. The van der Waals surface area contributed by atoms with E-state index in [-0.39, 0.29) is 12.3 Å². The predicted molar refractivity (Wildman–Crippen MR) is 107 cm³/mol. The van der Waals surface area contributed by atoms with Crippen LogP contribution in [0.5, 0.6) is 0 Å². The van der Waals surface area contributed by atoms with E-state index in [1.54, 1.807) is 23.1 Å². The number of halogens is 1. The normalized spacial score (nSPS) is 10.8. The molecule has 0 saturated heterocycles. The lowest BCUT2D eigenvalue weighted by Crippen LogP contribution is -2.12. The highest BCUT2D eigenvalue weighted by atomic mass is 35.5. The average Bonchev–Trinajstić information content (AvgIpc) is 3.39. The molecule has 2 heterocycles. The third-order valence-electron chi connectivity index (χ3n) is 4.16. The van der Waals surface area contributed by atoms with Crippen LogP contribution in [0.2, 0.25) is 5.02 Å². The van der Waals surface area contributed by atoms with E-state index < -0.39 is 0 Å². The van der Waals surface area contributed by atoms with Crippen molar-refractivity contribution in [1.29, 1.82) is 0 Å². The largest absolute Gasteiger partial charge is 0.339 e. The lowest BCUT2D eigenvalue weighted by atomic mass is 10.2. The Kier molecular flexibility index (Phi) is 5.62. The topological polar surface area (TPSA) is 98.7 Å². The van der Waals surface area contributed by atoms with Gasteiger partial charge in [0.2, 0.25) is 17.6 Å². The van der Waals surface area contributed by atoms with Gasteiger partial charge in [-0.2, -0.15) is 10.1 Å². The fourth-order valence-corrected chi connectivity index (χ4v) is 2.89. The maximum atomic E-state index is 12.3. The summed E-state index contributed by atoms with van der Waals surface area (Å²) in [5.74, 6) is 0.747.